The van der Waals surface area contributed by atoms with Crippen molar-refractivity contribution >= 4 is 27.3 Å². The molecule has 0 aliphatic carbocycles. The highest BCUT2D eigenvalue weighted by molar-refractivity contribution is 7.91. The van der Waals surface area contributed by atoms with Crippen LogP contribution in [0.5, 0.6) is 0 Å². The summed E-state index contributed by atoms with van der Waals surface area (Å²) in [7, 11) is -3.67. The van der Waals surface area contributed by atoms with Crippen molar-refractivity contribution in [2.75, 3.05) is 4.72 Å². The lowest BCUT2D eigenvalue weighted by molar-refractivity contribution is 0.599. The van der Waals surface area contributed by atoms with Crippen LogP contribution in [0.2, 0.25) is 5.02 Å². The van der Waals surface area contributed by atoms with Gasteiger partial charge in [0.1, 0.15) is 5.82 Å². The van der Waals surface area contributed by atoms with Crippen LogP contribution < -0.4 is 4.72 Å². The molecule has 0 bridgehead atoms. The molecule has 0 radical (unpaired) electrons. The lowest BCUT2D eigenvalue weighted by Gasteiger charge is -2.09. The average Bonchev–Trinajstić information content (AvgIpc) is 2.45. The molecule has 0 heterocycles. The molecule has 22 heavy (non-hydrogen) atoms. The predicted octanol–water partition coefficient (Wildman–Crippen LogP) is 3.49. The Morgan fingerprint density at radius 3 is 2.36 bits per heavy atom. The van der Waals surface area contributed by atoms with Crippen LogP contribution in [0.4, 0.5) is 10.1 Å². The van der Waals surface area contributed by atoms with Crippen LogP contribution in [0.1, 0.15) is 11.1 Å². The zero-order valence-corrected chi connectivity index (χ0v) is 13.0. The van der Waals surface area contributed by atoms with E-state index >= 15 is 0 Å². The minimum absolute atomic E-state index is 0.0535. The zero-order valence-electron chi connectivity index (χ0n) is 11.4. The molecule has 2 rings (SSSR count). The van der Waals surface area contributed by atoms with Crippen LogP contribution in [0.15, 0.2) is 42.5 Å². The summed E-state index contributed by atoms with van der Waals surface area (Å²) in [6.45, 7) is 0. The summed E-state index contributed by atoms with van der Waals surface area (Å²) in [6, 6.07) is 12.4. The summed E-state index contributed by atoms with van der Waals surface area (Å²) in [4.78, 5) is 0. The fourth-order valence-electron chi connectivity index (χ4n) is 1.85. The molecule has 0 amide bonds. The van der Waals surface area contributed by atoms with Crippen molar-refractivity contribution < 1.29 is 12.8 Å². The molecule has 2 aromatic rings. The van der Waals surface area contributed by atoms with Gasteiger partial charge in [0.25, 0.3) is 0 Å². The number of hydrogen-bond acceptors (Lipinski definition) is 3. The summed E-state index contributed by atoms with van der Waals surface area (Å²) in [5.41, 5.74) is 1.48. The van der Waals surface area contributed by atoms with Gasteiger partial charge in [0.15, 0.2) is 0 Å². The van der Waals surface area contributed by atoms with Gasteiger partial charge in [-0.15, -0.1) is 0 Å². The molecule has 0 fully saturated rings. The Kier molecular flexibility index (Phi) is 5.01. The van der Waals surface area contributed by atoms with Crippen molar-refractivity contribution in [1.29, 1.82) is 5.26 Å². The minimum Gasteiger partial charge on any atom is -0.283 e. The van der Waals surface area contributed by atoms with Gasteiger partial charge in [0, 0.05) is 5.69 Å². The number of sulfonamides is 1. The van der Waals surface area contributed by atoms with Crippen LogP contribution in [-0.2, 0) is 22.2 Å². The normalized spacial score (nSPS) is 11.0. The van der Waals surface area contributed by atoms with E-state index in [0.717, 1.165) is 11.6 Å². The molecule has 4 nitrogen and oxygen atoms in total. The second-order valence-corrected chi connectivity index (χ2v) is 6.77. The number of hydrogen-bond donors (Lipinski definition) is 1. The largest absolute Gasteiger partial charge is 0.283 e. The van der Waals surface area contributed by atoms with Gasteiger partial charge >= 0.3 is 0 Å². The van der Waals surface area contributed by atoms with E-state index in [1.165, 1.54) is 12.1 Å². The Morgan fingerprint density at radius 2 is 1.77 bits per heavy atom. The number of halogens is 2. The monoisotopic (exact) mass is 338 g/mol. The number of rotatable bonds is 5. The average molecular weight is 339 g/mol. The molecule has 0 saturated carbocycles. The van der Waals surface area contributed by atoms with Crippen molar-refractivity contribution in [3.05, 3.63) is 64.4 Å². The molecule has 0 atom stereocenters. The first-order valence-corrected chi connectivity index (χ1v) is 8.33. The van der Waals surface area contributed by atoms with E-state index in [9.17, 15) is 12.8 Å². The quantitative estimate of drug-likeness (QED) is 0.907. The lowest BCUT2D eigenvalue weighted by Crippen LogP contribution is -2.15. The van der Waals surface area contributed by atoms with Gasteiger partial charge in [0.2, 0.25) is 10.0 Å². The number of nitrogens with zero attached hydrogens (tertiary/aromatic N) is 1. The zero-order chi connectivity index (χ0) is 16.2. The molecule has 0 aliphatic heterocycles. The third-order valence-electron chi connectivity index (χ3n) is 2.85. The van der Waals surface area contributed by atoms with Crippen LogP contribution in [0.3, 0.4) is 0 Å². The van der Waals surface area contributed by atoms with Crippen molar-refractivity contribution in [3.8, 4) is 6.07 Å². The predicted molar refractivity (Wildman–Crippen MR) is 83.4 cm³/mol. The van der Waals surface area contributed by atoms with Crippen LogP contribution in [-0.4, -0.2) is 8.42 Å². The molecule has 0 saturated heterocycles. The highest BCUT2D eigenvalue weighted by Crippen LogP contribution is 2.18. The molecule has 114 valence electrons. The van der Waals surface area contributed by atoms with Gasteiger partial charge in [-0.2, -0.15) is 5.26 Å². The number of benzene rings is 2. The first-order valence-electron chi connectivity index (χ1n) is 6.30. The third-order valence-corrected chi connectivity index (χ3v) is 4.42. The van der Waals surface area contributed by atoms with Crippen LogP contribution in [0, 0.1) is 17.1 Å². The number of nitrogens with one attached hydrogen (secondary N) is 1. The highest BCUT2D eigenvalue weighted by atomic mass is 35.5. The molecule has 0 aromatic heterocycles. The Bertz CT molecular complexity index is 814. The molecule has 1 N–H and O–H groups in total. The van der Waals surface area contributed by atoms with Gasteiger partial charge < -0.3 is 0 Å². The van der Waals surface area contributed by atoms with Crippen molar-refractivity contribution in [2.24, 2.45) is 0 Å². The van der Waals surface area contributed by atoms with Gasteiger partial charge in [-0.1, -0.05) is 29.8 Å². The first-order chi connectivity index (χ1) is 10.4. The van der Waals surface area contributed by atoms with Crippen molar-refractivity contribution in [1.82, 2.24) is 0 Å². The summed E-state index contributed by atoms with van der Waals surface area (Å²) >= 11 is 5.56. The van der Waals surface area contributed by atoms with E-state index in [2.05, 4.69) is 4.72 Å². The topological polar surface area (TPSA) is 70.0 Å². The Labute approximate surface area is 133 Å². The Balaban J connectivity index is 2.10. The maximum absolute atomic E-state index is 13.3. The standard InChI is InChI=1S/C15H12ClFN2O2S/c16-14-6-3-12(9-15(14)17)10-22(20,21)19-13-4-1-11(2-5-13)7-8-18/h1-6,9,19H,7,10H2. The van der Waals surface area contributed by atoms with Crippen LogP contribution in [0.25, 0.3) is 0 Å². The maximum Gasteiger partial charge on any atom is 0.236 e. The molecule has 0 unspecified atom stereocenters. The molecule has 0 spiro atoms. The van der Waals surface area contributed by atoms with Gasteiger partial charge in [0.05, 0.1) is 23.3 Å². The van der Waals surface area contributed by atoms with E-state index in [-0.39, 0.29) is 17.2 Å². The highest BCUT2D eigenvalue weighted by Gasteiger charge is 2.13. The second-order valence-electron chi connectivity index (χ2n) is 4.64. The fraction of sp³-hybridized carbons (Fsp3) is 0.133. The summed E-state index contributed by atoms with van der Waals surface area (Å²) < 4.78 is 39.8. The van der Waals surface area contributed by atoms with E-state index in [0.29, 0.717) is 11.3 Å². The van der Waals surface area contributed by atoms with Gasteiger partial charge in [-0.3, -0.25) is 4.72 Å². The Morgan fingerprint density at radius 1 is 1.14 bits per heavy atom. The number of nitriles is 1. The fourth-order valence-corrected chi connectivity index (χ4v) is 3.15. The molecular formula is C15H12ClFN2O2S. The maximum atomic E-state index is 13.3. The van der Waals surface area contributed by atoms with Gasteiger partial charge in [-0.25, -0.2) is 12.8 Å². The first kappa shape index (κ1) is 16.3. The summed E-state index contributed by atoms with van der Waals surface area (Å²) in [5, 5.41) is 8.53. The van der Waals surface area contributed by atoms with E-state index in [1.807, 2.05) is 6.07 Å². The molecule has 7 heteroatoms. The lowest BCUT2D eigenvalue weighted by atomic mass is 10.1. The third kappa shape index (κ3) is 4.45. The SMILES string of the molecule is N#CCc1ccc(NS(=O)(=O)Cc2ccc(Cl)c(F)c2)cc1. The van der Waals surface area contributed by atoms with Gasteiger partial charge in [-0.05, 0) is 35.4 Å². The Hall–Kier alpha value is -2.10. The smallest absolute Gasteiger partial charge is 0.236 e. The van der Waals surface area contributed by atoms with E-state index < -0.39 is 15.8 Å². The van der Waals surface area contributed by atoms with Crippen molar-refractivity contribution in [2.45, 2.75) is 12.2 Å². The summed E-state index contributed by atoms with van der Waals surface area (Å²) in [6.07, 6.45) is 0.261. The molecule has 2 aromatic carbocycles. The minimum atomic E-state index is -3.67. The number of anilines is 1. The van der Waals surface area contributed by atoms with E-state index in [1.54, 1.807) is 24.3 Å². The van der Waals surface area contributed by atoms with Crippen molar-refractivity contribution in [3.63, 3.8) is 0 Å². The van der Waals surface area contributed by atoms with E-state index in [4.69, 9.17) is 16.9 Å². The second kappa shape index (κ2) is 6.77. The molecular weight excluding hydrogens is 327 g/mol. The summed E-state index contributed by atoms with van der Waals surface area (Å²) in [5.74, 6) is -1.02. The molecule has 0 aliphatic rings. The van der Waals surface area contributed by atoms with Crippen LogP contribution >= 0.6 is 11.6 Å².